The Morgan fingerprint density at radius 3 is 2.65 bits per heavy atom. The van der Waals surface area contributed by atoms with Gasteiger partial charge in [-0.1, -0.05) is 19.1 Å². The number of nitrogens with zero attached hydrogens (tertiary/aromatic N) is 1. The molecular formula is C16H25ClN2O4. The molecule has 1 aromatic rings. The third-order valence-corrected chi connectivity index (χ3v) is 3.38. The van der Waals surface area contributed by atoms with E-state index in [-0.39, 0.29) is 24.9 Å². The molecule has 1 rings (SSSR count). The van der Waals surface area contributed by atoms with Crippen molar-refractivity contribution in [2.75, 3.05) is 20.2 Å². The Balaban J connectivity index is 0.00000484. The van der Waals surface area contributed by atoms with Gasteiger partial charge in [0, 0.05) is 6.54 Å². The van der Waals surface area contributed by atoms with Crippen molar-refractivity contribution in [2.24, 2.45) is 0 Å². The number of nitrogens with one attached hydrogen (secondary N) is 1. The van der Waals surface area contributed by atoms with Crippen LogP contribution in [0.15, 0.2) is 24.3 Å². The molecule has 0 spiro atoms. The number of halogens is 1. The molecule has 0 bridgehead atoms. The Hall–Kier alpha value is -1.79. The summed E-state index contributed by atoms with van der Waals surface area (Å²) in [6.07, 6.45) is 0.792. The molecule has 0 heterocycles. The fourth-order valence-electron chi connectivity index (χ4n) is 2.16. The SMILES string of the molecule is CCCN(CC(=O)O)C(C)C(=O)NCc1cccc(OC)c1.Cl. The fraction of sp³-hybridized carbons (Fsp3) is 0.500. The average molecular weight is 345 g/mol. The lowest BCUT2D eigenvalue weighted by Gasteiger charge is -2.26. The maximum absolute atomic E-state index is 12.2. The van der Waals surface area contributed by atoms with Crippen LogP contribution in [0.2, 0.25) is 0 Å². The molecule has 0 aromatic heterocycles. The van der Waals surface area contributed by atoms with Crippen LogP contribution in [-0.4, -0.2) is 48.1 Å². The average Bonchev–Trinajstić information content (AvgIpc) is 2.51. The van der Waals surface area contributed by atoms with Gasteiger partial charge in [-0.2, -0.15) is 0 Å². The van der Waals surface area contributed by atoms with Crippen LogP contribution in [0.1, 0.15) is 25.8 Å². The van der Waals surface area contributed by atoms with Crippen LogP contribution in [-0.2, 0) is 16.1 Å². The lowest BCUT2D eigenvalue weighted by atomic mass is 10.2. The van der Waals surface area contributed by atoms with Gasteiger partial charge >= 0.3 is 5.97 Å². The smallest absolute Gasteiger partial charge is 0.317 e. The molecule has 0 aliphatic carbocycles. The van der Waals surface area contributed by atoms with Crippen LogP contribution in [0, 0.1) is 0 Å². The normalized spacial score (nSPS) is 11.5. The molecule has 130 valence electrons. The molecular weight excluding hydrogens is 320 g/mol. The number of rotatable bonds is 9. The first-order valence-corrected chi connectivity index (χ1v) is 7.34. The predicted octanol–water partition coefficient (Wildman–Crippen LogP) is 1.92. The molecule has 1 atom stereocenters. The maximum Gasteiger partial charge on any atom is 0.317 e. The highest BCUT2D eigenvalue weighted by molar-refractivity contribution is 5.85. The van der Waals surface area contributed by atoms with E-state index in [1.165, 1.54) is 0 Å². The molecule has 2 N–H and O–H groups in total. The van der Waals surface area contributed by atoms with Crippen LogP contribution in [0.25, 0.3) is 0 Å². The minimum atomic E-state index is -0.930. The highest BCUT2D eigenvalue weighted by atomic mass is 35.5. The van der Waals surface area contributed by atoms with Crippen LogP contribution in [0.4, 0.5) is 0 Å². The van der Waals surface area contributed by atoms with Crippen molar-refractivity contribution in [3.63, 3.8) is 0 Å². The van der Waals surface area contributed by atoms with E-state index in [0.29, 0.717) is 13.1 Å². The van der Waals surface area contributed by atoms with Crippen molar-refractivity contribution in [2.45, 2.75) is 32.9 Å². The van der Waals surface area contributed by atoms with Crippen molar-refractivity contribution in [3.8, 4) is 5.75 Å². The highest BCUT2D eigenvalue weighted by Crippen LogP contribution is 2.12. The minimum Gasteiger partial charge on any atom is -0.497 e. The first-order valence-electron chi connectivity index (χ1n) is 7.34. The van der Waals surface area contributed by atoms with Crippen LogP contribution in [0.3, 0.4) is 0 Å². The van der Waals surface area contributed by atoms with E-state index in [1.807, 2.05) is 31.2 Å². The number of carboxylic acid groups (broad SMARTS) is 1. The minimum absolute atomic E-state index is 0. The Labute approximate surface area is 143 Å². The van der Waals surface area contributed by atoms with Gasteiger partial charge in [-0.05, 0) is 37.6 Å². The summed E-state index contributed by atoms with van der Waals surface area (Å²) in [5.74, 6) is -0.378. The molecule has 0 aliphatic rings. The van der Waals surface area contributed by atoms with Crippen molar-refractivity contribution >= 4 is 24.3 Å². The molecule has 6 nitrogen and oxygen atoms in total. The fourth-order valence-corrected chi connectivity index (χ4v) is 2.16. The van der Waals surface area contributed by atoms with Gasteiger partial charge in [-0.15, -0.1) is 12.4 Å². The van der Waals surface area contributed by atoms with Crippen LogP contribution in [0.5, 0.6) is 5.75 Å². The predicted molar refractivity (Wildman–Crippen MR) is 91.1 cm³/mol. The Kier molecular flexibility index (Phi) is 10.0. The molecule has 0 saturated carbocycles. The van der Waals surface area contributed by atoms with Gasteiger partial charge in [-0.25, -0.2) is 0 Å². The molecule has 0 aliphatic heterocycles. The summed E-state index contributed by atoms with van der Waals surface area (Å²) in [7, 11) is 1.59. The molecule has 0 fully saturated rings. The van der Waals surface area contributed by atoms with Gasteiger partial charge in [-0.3, -0.25) is 14.5 Å². The van der Waals surface area contributed by atoms with Gasteiger partial charge in [0.25, 0.3) is 0 Å². The zero-order chi connectivity index (χ0) is 16.5. The quantitative estimate of drug-likeness (QED) is 0.715. The molecule has 23 heavy (non-hydrogen) atoms. The molecule has 1 unspecified atom stereocenters. The van der Waals surface area contributed by atoms with E-state index in [1.54, 1.807) is 18.9 Å². The zero-order valence-corrected chi connectivity index (χ0v) is 14.6. The molecule has 1 aromatic carbocycles. The van der Waals surface area contributed by atoms with Gasteiger partial charge in [0.05, 0.1) is 19.7 Å². The lowest BCUT2D eigenvalue weighted by Crippen LogP contribution is -2.47. The number of hydrogen-bond acceptors (Lipinski definition) is 4. The standard InChI is InChI=1S/C16H24N2O4.ClH/c1-4-8-18(11-15(19)20)12(2)16(21)17-10-13-6-5-7-14(9-13)22-3;/h5-7,9,12H,4,8,10-11H2,1-3H3,(H,17,21)(H,19,20);1H. The van der Waals surface area contributed by atoms with E-state index < -0.39 is 12.0 Å². The molecule has 0 saturated heterocycles. The van der Waals surface area contributed by atoms with Crippen molar-refractivity contribution in [3.05, 3.63) is 29.8 Å². The first-order chi connectivity index (χ1) is 10.5. The van der Waals surface area contributed by atoms with Gasteiger partial charge in [0.1, 0.15) is 5.75 Å². The highest BCUT2D eigenvalue weighted by Gasteiger charge is 2.22. The number of carbonyl (C=O) groups excluding carboxylic acids is 1. The second kappa shape index (κ2) is 10.9. The van der Waals surface area contributed by atoms with E-state index in [0.717, 1.165) is 17.7 Å². The molecule has 1 amide bonds. The summed E-state index contributed by atoms with van der Waals surface area (Å²) in [4.78, 5) is 24.7. The van der Waals surface area contributed by atoms with Crippen LogP contribution < -0.4 is 10.1 Å². The van der Waals surface area contributed by atoms with Crippen LogP contribution >= 0.6 is 12.4 Å². The monoisotopic (exact) mass is 344 g/mol. The number of ether oxygens (including phenoxy) is 1. The van der Waals surface area contributed by atoms with Crippen molar-refractivity contribution < 1.29 is 19.4 Å². The second-order valence-electron chi connectivity index (χ2n) is 5.11. The van der Waals surface area contributed by atoms with E-state index in [2.05, 4.69) is 5.32 Å². The van der Waals surface area contributed by atoms with E-state index in [9.17, 15) is 9.59 Å². The van der Waals surface area contributed by atoms with Crippen molar-refractivity contribution in [1.82, 2.24) is 10.2 Å². The largest absolute Gasteiger partial charge is 0.497 e. The summed E-state index contributed by atoms with van der Waals surface area (Å²) >= 11 is 0. The Morgan fingerprint density at radius 1 is 1.39 bits per heavy atom. The second-order valence-corrected chi connectivity index (χ2v) is 5.11. The van der Waals surface area contributed by atoms with E-state index >= 15 is 0 Å². The molecule has 7 heteroatoms. The third-order valence-electron chi connectivity index (χ3n) is 3.38. The number of aliphatic carboxylic acids is 1. The van der Waals surface area contributed by atoms with E-state index in [4.69, 9.17) is 9.84 Å². The number of benzene rings is 1. The number of methoxy groups -OCH3 is 1. The summed E-state index contributed by atoms with van der Waals surface area (Å²) in [6.45, 7) is 4.49. The first kappa shape index (κ1) is 21.2. The Morgan fingerprint density at radius 2 is 2.09 bits per heavy atom. The van der Waals surface area contributed by atoms with Crippen molar-refractivity contribution in [1.29, 1.82) is 0 Å². The number of carboxylic acids is 1. The van der Waals surface area contributed by atoms with Gasteiger partial charge in [0.2, 0.25) is 5.91 Å². The molecule has 0 radical (unpaired) electrons. The summed E-state index contributed by atoms with van der Waals surface area (Å²) in [5, 5.41) is 11.8. The van der Waals surface area contributed by atoms with Gasteiger partial charge < -0.3 is 15.2 Å². The number of hydrogen-bond donors (Lipinski definition) is 2. The summed E-state index contributed by atoms with van der Waals surface area (Å²) in [5.41, 5.74) is 0.931. The topological polar surface area (TPSA) is 78.9 Å². The number of amides is 1. The van der Waals surface area contributed by atoms with Gasteiger partial charge in [0.15, 0.2) is 0 Å². The summed E-state index contributed by atoms with van der Waals surface area (Å²) in [6, 6.07) is 6.96. The summed E-state index contributed by atoms with van der Waals surface area (Å²) < 4.78 is 5.14. The maximum atomic E-state index is 12.2. The number of carbonyl (C=O) groups is 2. The third kappa shape index (κ3) is 7.34. The lowest BCUT2D eigenvalue weighted by molar-refractivity contribution is -0.139. The Bertz CT molecular complexity index is 511. The zero-order valence-electron chi connectivity index (χ0n) is 13.7.